The lowest BCUT2D eigenvalue weighted by Crippen LogP contribution is -2.47. The molecule has 0 aromatic heterocycles. The highest BCUT2D eigenvalue weighted by Gasteiger charge is 2.20. The summed E-state index contributed by atoms with van der Waals surface area (Å²) < 4.78 is 0. The van der Waals surface area contributed by atoms with E-state index in [1.54, 1.807) is 6.20 Å². The largest absolute Gasteiger partial charge is 0.380 e. The lowest BCUT2D eigenvalue weighted by atomic mass is 10.0. The lowest BCUT2D eigenvalue weighted by Gasteiger charge is -2.29. The average Bonchev–Trinajstić information content (AvgIpc) is 2.04. The van der Waals surface area contributed by atoms with Gasteiger partial charge in [0.15, 0.2) is 0 Å². The second kappa shape index (κ2) is 2.62. The Morgan fingerprint density at radius 2 is 1.91 bits per heavy atom. The molecule has 1 aliphatic carbocycles. The van der Waals surface area contributed by atoms with Crippen molar-refractivity contribution in [1.29, 1.82) is 0 Å². The van der Waals surface area contributed by atoms with Crippen LogP contribution >= 0.6 is 11.6 Å². The summed E-state index contributed by atoms with van der Waals surface area (Å²) in [5.74, 6) is 0. The van der Waals surface area contributed by atoms with Gasteiger partial charge in [-0.2, -0.15) is 0 Å². The summed E-state index contributed by atoms with van der Waals surface area (Å²) in [6, 6.07) is 0.653. The van der Waals surface area contributed by atoms with Crippen molar-refractivity contribution in [2.75, 3.05) is 0 Å². The van der Waals surface area contributed by atoms with Crippen LogP contribution in [0.5, 0.6) is 0 Å². The molecule has 0 bridgehead atoms. The third kappa shape index (κ3) is 1.26. The number of hydrogen-bond donors (Lipinski definition) is 2. The molecule has 0 saturated carbocycles. The van der Waals surface area contributed by atoms with E-state index in [0.29, 0.717) is 17.2 Å². The summed E-state index contributed by atoms with van der Waals surface area (Å²) in [7, 11) is 0. The Morgan fingerprint density at radius 1 is 1.18 bits per heavy atom. The molecular weight excluding hydrogens is 160 g/mol. The van der Waals surface area contributed by atoms with Crippen LogP contribution in [0.3, 0.4) is 0 Å². The van der Waals surface area contributed by atoms with Crippen LogP contribution in [0.1, 0.15) is 0 Å². The van der Waals surface area contributed by atoms with Gasteiger partial charge in [-0.25, -0.2) is 0 Å². The van der Waals surface area contributed by atoms with E-state index >= 15 is 0 Å². The molecule has 0 spiro atoms. The first-order valence-corrected chi connectivity index (χ1v) is 3.97. The average molecular weight is 169 g/mol. The molecule has 2 aliphatic rings. The van der Waals surface area contributed by atoms with Gasteiger partial charge in [0.05, 0.1) is 12.1 Å². The topological polar surface area (TPSA) is 24.1 Å². The number of allylic oxidation sites excluding steroid dienone is 2. The SMILES string of the molecule is ClC1=CNC2C=CC=CC2N1. The molecule has 0 amide bonds. The van der Waals surface area contributed by atoms with Crippen molar-refractivity contribution in [3.63, 3.8) is 0 Å². The van der Waals surface area contributed by atoms with Crippen LogP contribution in [0.2, 0.25) is 0 Å². The number of fused-ring (bicyclic) bond motifs is 1. The van der Waals surface area contributed by atoms with E-state index in [4.69, 9.17) is 11.6 Å². The maximum absolute atomic E-state index is 5.77. The molecule has 1 heterocycles. The standard InChI is InChI=1S/C8H9ClN2/c9-8-5-10-6-3-1-2-4-7(6)11-8/h1-7,10-11H. The summed E-state index contributed by atoms with van der Waals surface area (Å²) in [5, 5.41) is 6.99. The number of nitrogens with one attached hydrogen (secondary N) is 2. The van der Waals surface area contributed by atoms with Crippen molar-refractivity contribution < 1.29 is 0 Å². The molecule has 1 aliphatic heterocycles. The fraction of sp³-hybridized carbons (Fsp3) is 0.250. The smallest absolute Gasteiger partial charge is 0.118 e. The van der Waals surface area contributed by atoms with Crippen molar-refractivity contribution >= 4 is 11.6 Å². The molecule has 0 aromatic rings. The van der Waals surface area contributed by atoms with Crippen LogP contribution in [0, 0.1) is 0 Å². The minimum Gasteiger partial charge on any atom is -0.380 e. The number of hydrogen-bond acceptors (Lipinski definition) is 2. The summed E-state index contributed by atoms with van der Waals surface area (Å²) in [5.41, 5.74) is 0. The quantitative estimate of drug-likeness (QED) is 0.529. The molecule has 2 atom stereocenters. The second-order valence-corrected chi connectivity index (χ2v) is 3.03. The highest BCUT2D eigenvalue weighted by molar-refractivity contribution is 6.29. The molecule has 2 N–H and O–H groups in total. The zero-order valence-corrected chi connectivity index (χ0v) is 6.68. The van der Waals surface area contributed by atoms with E-state index in [1.807, 2.05) is 12.2 Å². The Labute approximate surface area is 70.6 Å². The van der Waals surface area contributed by atoms with Gasteiger partial charge in [0.2, 0.25) is 0 Å². The van der Waals surface area contributed by atoms with Gasteiger partial charge in [0.1, 0.15) is 5.16 Å². The van der Waals surface area contributed by atoms with E-state index in [1.165, 1.54) is 0 Å². The Bertz CT molecular complexity index is 242. The molecule has 0 aromatic carbocycles. The Balaban J connectivity index is 2.18. The first kappa shape index (κ1) is 6.80. The monoisotopic (exact) mass is 168 g/mol. The van der Waals surface area contributed by atoms with Crippen LogP contribution in [0.4, 0.5) is 0 Å². The highest BCUT2D eigenvalue weighted by Crippen LogP contribution is 2.12. The zero-order valence-electron chi connectivity index (χ0n) is 5.92. The third-order valence-electron chi connectivity index (χ3n) is 1.84. The van der Waals surface area contributed by atoms with Crippen LogP contribution in [-0.4, -0.2) is 12.1 Å². The molecule has 0 radical (unpaired) electrons. The molecule has 2 unspecified atom stereocenters. The summed E-state index contributed by atoms with van der Waals surface area (Å²) in [6.07, 6.45) is 10.0. The molecule has 3 heteroatoms. The van der Waals surface area contributed by atoms with Crippen LogP contribution in [-0.2, 0) is 0 Å². The van der Waals surface area contributed by atoms with E-state index < -0.39 is 0 Å². The van der Waals surface area contributed by atoms with Crippen LogP contribution in [0.15, 0.2) is 35.7 Å². The fourth-order valence-corrected chi connectivity index (χ4v) is 1.46. The Kier molecular flexibility index (Phi) is 1.62. The van der Waals surface area contributed by atoms with E-state index in [9.17, 15) is 0 Å². The maximum atomic E-state index is 5.77. The molecule has 11 heavy (non-hydrogen) atoms. The molecule has 58 valence electrons. The first-order chi connectivity index (χ1) is 5.36. The second-order valence-electron chi connectivity index (χ2n) is 2.62. The summed E-state index contributed by atoms with van der Waals surface area (Å²) in [6.45, 7) is 0. The predicted molar refractivity (Wildman–Crippen MR) is 46.1 cm³/mol. The third-order valence-corrected chi connectivity index (χ3v) is 2.06. The van der Waals surface area contributed by atoms with E-state index in [-0.39, 0.29) is 0 Å². The van der Waals surface area contributed by atoms with Crippen LogP contribution < -0.4 is 10.6 Å². The molecule has 2 rings (SSSR count). The van der Waals surface area contributed by atoms with Gasteiger partial charge in [-0.3, -0.25) is 0 Å². The molecular formula is C8H9ClN2. The predicted octanol–water partition coefficient (Wildman–Crippen LogP) is 1.08. The maximum Gasteiger partial charge on any atom is 0.118 e. The van der Waals surface area contributed by atoms with Crippen molar-refractivity contribution in [3.05, 3.63) is 35.7 Å². The molecule has 2 nitrogen and oxygen atoms in total. The van der Waals surface area contributed by atoms with E-state index in [2.05, 4.69) is 22.8 Å². The molecule has 0 saturated heterocycles. The Morgan fingerprint density at radius 3 is 2.73 bits per heavy atom. The summed E-state index contributed by atoms with van der Waals surface area (Å²) in [4.78, 5) is 0. The van der Waals surface area contributed by atoms with Crippen molar-refractivity contribution in [2.24, 2.45) is 0 Å². The van der Waals surface area contributed by atoms with Gasteiger partial charge in [0.25, 0.3) is 0 Å². The minimum absolute atomic E-state index is 0.303. The molecule has 0 fully saturated rings. The highest BCUT2D eigenvalue weighted by atomic mass is 35.5. The fourth-order valence-electron chi connectivity index (χ4n) is 1.27. The van der Waals surface area contributed by atoms with Gasteiger partial charge < -0.3 is 10.6 Å². The normalized spacial score (nSPS) is 33.4. The zero-order chi connectivity index (χ0) is 7.68. The lowest BCUT2D eigenvalue weighted by molar-refractivity contribution is 0.526. The minimum atomic E-state index is 0.303. The Hall–Kier alpha value is -0.890. The van der Waals surface area contributed by atoms with Crippen LogP contribution in [0.25, 0.3) is 0 Å². The van der Waals surface area contributed by atoms with Gasteiger partial charge in [0, 0.05) is 6.20 Å². The first-order valence-electron chi connectivity index (χ1n) is 3.59. The van der Waals surface area contributed by atoms with Gasteiger partial charge in [-0.1, -0.05) is 35.9 Å². The van der Waals surface area contributed by atoms with Gasteiger partial charge >= 0.3 is 0 Å². The van der Waals surface area contributed by atoms with Crippen molar-refractivity contribution in [2.45, 2.75) is 12.1 Å². The van der Waals surface area contributed by atoms with Crippen molar-refractivity contribution in [1.82, 2.24) is 10.6 Å². The van der Waals surface area contributed by atoms with Crippen molar-refractivity contribution in [3.8, 4) is 0 Å². The number of rotatable bonds is 0. The van der Waals surface area contributed by atoms with Gasteiger partial charge in [-0.15, -0.1) is 0 Å². The van der Waals surface area contributed by atoms with E-state index in [0.717, 1.165) is 0 Å². The number of halogens is 1. The summed E-state index contributed by atoms with van der Waals surface area (Å²) >= 11 is 5.77. The van der Waals surface area contributed by atoms with Gasteiger partial charge in [-0.05, 0) is 0 Å².